The average Bonchev–Trinajstić information content (AvgIpc) is 3.25. The van der Waals surface area contributed by atoms with Crippen LogP contribution in [-0.2, 0) is 16.0 Å². The van der Waals surface area contributed by atoms with Gasteiger partial charge in [-0.15, -0.1) is 0 Å². The van der Waals surface area contributed by atoms with E-state index in [0.717, 1.165) is 30.5 Å². The van der Waals surface area contributed by atoms with Gasteiger partial charge < -0.3 is 20.7 Å². The molecule has 10 nitrogen and oxygen atoms in total. The van der Waals surface area contributed by atoms with Crippen LogP contribution in [0.2, 0.25) is 0 Å². The Morgan fingerprint density at radius 3 is 2.71 bits per heavy atom. The number of esters is 1. The summed E-state index contributed by atoms with van der Waals surface area (Å²) in [7, 11) is 0. The van der Waals surface area contributed by atoms with Crippen LogP contribution in [0.25, 0.3) is 5.65 Å². The first-order chi connectivity index (χ1) is 17.1. The van der Waals surface area contributed by atoms with Crippen LogP contribution in [0.3, 0.4) is 0 Å². The predicted octanol–water partition coefficient (Wildman–Crippen LogP) is 4.45. The van der Waals surface area contributed by atoms with Crippen LogP contribution in [0.5, 0.6) is 0 Å². The molecule has 2 aromatic carbocycles. The number of amides is 1. The van der Waals surface area contributed by atoms with Gasteiger partial charge in [0.2, 0.25) is 17.8 Å². The monoisotopic (exact) mass is 471 g/mol. The SMILES string of the molecule is CCOC(=O)c1cccc(Nc2nc3nc4c(cnn24)CCCCC(=O)Nc2cccc(c2)N3)c1. The number of benzene rings is 2. The smallest absolute Gasteiger partial charge is 0.338 e. The van der Waals surface area contributed by atoms with Gasteiger partial charge in [0.15, 0.2) is 5.65 Å². The Bertz CT molecular complexity index is 1400. The van der Waals surface area contributed by atoms with Crippen LogP contribution in [0.1, 0.15) is 42.1 Å². The molecule has 0 aliphatic carbocycles. The summed E-state index contributed by atoms with van der Waals surface area (Å²) in [4.78, 5) is 33.8. The Kier molecular flexibility index (Phi) is 6.25. The van der Waals surface area contributed by atoms with Crippen LogP contribution in [0.15, 0.2) is 54.7 Å². The van der Waals surface area contributed by atoms with E-state index in [-0.39, 0.29) is 11.9 Å². The van der Waals surface area contributed by atoms with Gasteiger partial charge in [-0.25, -0.2) is 4.79 Å². The summed E-state index contributed by atoms with van der Waals surface area (Å²) in [6, 6.07) is 14.4. The van der Waals surface area contributed by atoms with Gasteiger partial charge in [-0.3, -0.25) is 4.79 Å². The molecule has 1 amide bonds. The molecule has 5 rings (SSSR count). The first kappa shape index (κ1) is 22.3. The number of aromatic nitrogens is 4. The van der Waals surface area contributed by atoms with Crippen LogP contribution in [0, 0.1) is 0 Å². The van der Waals surface area contributed by atoms with Crippen molar-refractivity contribution in [3.8, 4) is 0 Å². The lowest BCUT2D eigenvalue weighted by atomic mass is 10.1. The summed E-state index contributed by atoms with van der Waals surface area (Å²) in [6.45, 7) is 2.08. The van der Waals surface area contributed by atoms with Gasteiger partial charge in [-0.05, 0) is 62.6 Å². The molecular formula is C25H25N7O3. The van der Waals surface area contributed by atoms with Gasteiger partial charge in [0.05, 0.1) is 18.4 Å². The second-order valence-corrected chi connectivity index (χ2v) is 8.16. The first-order valence-electron chi connectivity index (χ1n) is 11.5. The molecule has 2 aromatic heterocycles. The highest BCUT2D eigenvalue weighted by atomic mass is 16.5. The van der Waals surface area contributed by atoms with E-state index < -0.39 is 0 Å². The zero-order valence-corrected chi connectivity index (χ0v) is 19.2. The summed E-state index contributed by atoms with van der Waals surface area (Å²) >= 11 is 0. The van der Waals surface area contributed by atoms with Crippen molar-refractivity contribution < 1.29 is 14.3 Å². The quantitative estimate of drug-likeness (QED) is 0.373. The molecule has 1 aliphatic rings. The lowest BCUT2D eigenvalue weighted by Gasteiger charge is -2.13. The van der Waals surface area contributed by atoms with Crippen LogP contribution in [0.4, 0.5) is 29.0 Å². The second kappa shape index (κ2) is 9.80. The number of rotatable bonds is 4. The molecule has 10 heteroatoms. The summed E-state index contributed by atoms with van der Waals surface area (Å²) in [5.41, 5.74) is 4.18. The number of carbonyl (C=O) groups excluding carboxylic acids is 2. The van der Waals surface area contributed by atoms with Gasteiger partial charge >= 0.3 is 5.97 Å². The molecule has 0 atom stereocenters. The molecule has 4 aromatic rings. The fourth-order valence-electron chi connectivity index (χ4n) is 3.93. The van der Waals surface area contributed by atoms with E-state index >= 15 is 0 Å². The molecule has 0 fully saturated rings. The molecule has 1 aliphatic heterocycles. The fourth-order valence-corrected chi connectivity index (χ4v) is 3.93. The Morgan fingerprint density at radius 2 is 1.86 bits per heavy atom. The minimum absolute atomic E-state index is 0.00864. The number of ether oxygens (including phenoxy) is 1. The molecule has 0 radical (unpaired) electrons. The number of fused-ring (bicyclic) bond motifs is 3. The van der Waals surface area contributed by atoms with Gasteiger partial charge in [0.1, 0.15) is 0 Å². The standard InChI is InChI=1S/C25H25N7O3/c1-2-35-23(34)16-8-5-9-18(13-16)29-25-31-24-28-20-11-6-10-19(14-20)27-21(33)12-4-3-7-17-15-26-32(25)22(17)30-24/h5-6,8-11,13-15H,2-4,7,12H2,1H3,(H,27,33)(H2,28,29,30,31). The van der Waals surface area contributed by atoms with Gasteiger partial charge in [-0.1, -0.05) is 12.1 Å². The maximum Gasteiger partial charge on any atom is 0.338 e. The Morgan fingerprint density at radius 1 is 1.06 bits per heavy atom. The van der Waals surface area contributed by atoms with Crippen LogP contribution < -0.4 is 16.0 Å². The van der Waals surface area contributed by atoms with Gasteiger partial charge in [0.25, 0.3) is 0 Å². The van der Waals surface area contributed by atoms with E-state index in [0.29, 0.717) is 47.5 Å². The van der Waals surface area contributed by atoms with Crippen LogP contribution in [-0.4, -0.2) is 38.1 Å². The summed E-state index contributed by atoms with van der Waals surface area (Å²) < 4.78 is 6.76. The van der Waals surface area contributed by atoms with Gasteiger partial charge in [0, 0.05) is 29.0 Å². The van der Waals surface area contributed by atoms with Crippen molar-refractivity contribution in [2.75, 3.05) is 22.6 Å². The lowest BCUT2D eigenvalue weighted by Crippen LogP contribution is -2.12. The Balaban J connectivity index is 1.54. The van der Waals surface area contributed by atoms with E-state index in [4.69, 9.17) is 9.72 Å². The summed E-state index contributed by atoms with van der Waals surface area (Å²) in [5, 5.41) is 13.9. The number of hydrogen-bond acceptors (Lipinski definition) is 8. The van der Waals surface area contributed by atoms with E-state index in [9.17, 15) is 9.59 Å². The molecular weight excluding hydrogens is 446 g/mol. The van der Waals surface area contributed by atoms with Crippen LogP contribution >= 0.6 is 0 Å². The molecule has 0 unspecified atom stereocenters. The fraction of sp³-hybridized carbons (Fsp3) is 0.240. The van der Waals surface area contributed by atoms with Crippen molar-refractivity contribution in [1.82, 2.24) is 19.6 Å². The molecule has 3 N–H and O–H groups in total. The topological polar surface area (TPSA) is 123 Å². The number of aryl methyl sites for hydroxylation is 1. The third-order valence-corrected chi connectivity index (χ3v) is 5.57. The number of anilines is 5. The van der Waals surface area contributed by atoms with Crippen molar-refractivity contribution in [2.45, 2.75) is 32.6 Å². The molecule has 4 bridgehead atoms. The maximum absolute atomic E-state index is 12.3. The summed E-state index contributed by atoms with van der Waals surface area (Å²) in [6.07, 6.45) is 4.54. The molecule has 0 saturated carbocycles. The zero-order valence-electron chi connectivity index (χ0n) is 19.2. The Labute approximate surface area is 201 Å². The molecule has 35 heavy (non-hydrogen) atoms. The molecule has 0 spiro atoms. The normalized spacial score (nSPS) is 13.6. The zero-order chi connectivity index (χ0) is 24.2. The number of carbonyl (C=O) groups is 2. The van der Waals surface area contributed by atoms with Crippen molar-refractivity contribution >= 4 is 46.5 Å². The highest BCUT2D eigenvalue weighted by Gasteiger charge is 2.16. The van der Waals surface area contributed by atoms with E-state index in [2.05, 4.69) is 26.0 Å². The second-order valence-electron chi connectivity index (χ2n) is 8.16. The molecule has 0 saturated heterocycles. The predicted molar refractivity (Wildman–Crippen MR) is 132 cm³/mol. The van der Waals surface area contributed by atoms with Gasteiger partial charge in [-0.2, -0.15) is 19.6 Å². The maximum atomic E-state index is 12.3. The molecule has 3 heterocycles. The summed E-state index contributed by atoms with van der Waals surface area (Å²) in [5.74, 6) is 0.428. The van der Waals surface area contributed by atoms with Crippen molar-refractivity contribution in [1.29, 1.82) is 0 Å². The van der Waals surface area contributed by atoms with E-state index in [1.165, 1.54) is 0 Å². The van der Waals surface area contributed by atoms with Crippen molar-refractivity contribution in [2.24, 2.45) is 0 Å². The highest BCUT2D eigenvalue weighted by molar-refractivity contribution is 5.91. The lowest BCUT2D eigenvalue weighted by molar-refractivity contribution is -0.116. The number of hydrogen-bond donors (Lipinski definition) is 3. The minimum atomic E-state index is -0.388. The van der Waals surface area contributed by atoms with Crippen molar-refractivity contribution in [3.63, 3.8) is 0 Å². The third kappa shape index (κ3) is 5.06. The molecule has 178 valence electrons. The van der Waals surface area contributed by atoms with E-state index in [1.54, 1.807) is 35.8 Å². The van der Waals surface area contributed by atoms with Crippen molar-refractivity contribution in [3.05, 3.63) is 65.9 Å². The largest absolute Gasteiger partial charge is 0.462 e. The van der Waals surface area contributed by atoms with E-state index in [1.807, 2.05) is 30.3 Å². The minimum Gasteiger partial charge on any atom is -0.462 e. The number of nitrogens with zero attached hydrogens (tertiary/aromatic N) is 4. The average molecular weight is 472 g/mol. The number of nitrogens with one attached hydrogen (secondary N) is 3. The first-order valence-corrected chi connectivity index (χ1v) is 11.5. The third-order valence-electron chi connectivity index (χ3n) is 5.57. The Hall–Kier alpha value is -4.47. The highest BCUT2D eigenvalue weighted by Crippen LogP contribution is 2.25.